The first-order valence-electron chi connectivity index (χ1n) is 5.68. The molecule has 1 unspecified atom stereocenters. The van der Waals surface area contributed by atoms with E-state index >= 15 is 0 Å². The van der Waals surface area contributed by atoms with Crippen LogP contribution in [0.4, 0.5) is 4.39 Å². The molecule has 0 saturated heterocycles. The number of carbonyl (C=O) groups is 1. The molecule has 0 aliphatic heterocycles. The summed E-state index contributed by atoms with van der Waals surface area (Å²) in [4.78, 5) is 11.5. The number of carbonyl (C=O) groups excluding carboxylic acids is 1. The van der Waals surface area contributed by atoms with Gasteiger partial charge in [-0.1, -0.05) is 19.1 Å². The molecule has 17 heavy (non-hydrogen) atoms. The molecule has 0 bridgehead atoms. The van der Waals surface area contributed by atoms with Crippen LogP contribution in [0.25, 0.3) is 0 Å². The van der Waals surface area contributed by atoms with Crippen molar-refractivity contribution in [1.82, 2.24) is 0 Å². The first kappa shape index (κ1) is 13.5. The number of aryl methyl sites for hydroxylation is 1. The molecule has 0 N–H and O–H groups in total. The van der Waals surface area contributed by atoms with Gasteiger partial charge in [0.05, 0.1) is 6.61 Å². The summed E-state index contributed by atoms with van der Waals surface area (Å²) < 4.78 is 23.9. The lowest BCUT2D eigenvalue weighted by Gasteiger charge is -2.16. The lowest BCUT2D eigenvalue weighted by Crippen LogP contribution is -2.29. The number of benzene rings is 1. The molecule has 0 spiro atoms. The Hall–Kier alpha value is -1.58. The summed E-state index contributed by atoms with van der Waals surface area (Å²) in [7, 11) is 0. The Bertz CT molecular complexity index is 390. The van der Waals surface area contributed by atoms with Gasteiger partial charge in [0.25, 0.3) is 0 Å². The third kappa shape index (κ3) is 3.44. The highest BCUT2D eigenvalue weighted by atomic mass is 19.1. The Balaban J connectivity index is 2.80. The van der Waals surface area contributed by atoms with E-state index in [1.165, 1.54) is 6.07 Å². The summed E-state index contributed by atoms with van der Waals surface area (Å²) in [5.41, 5.74) is 0.487. The average Bonchev–Trinajstić information content (AvgIpc) is 2.31. The molecule has 4 heteroatoms. The molecule has 0 radical (unpaired) electrons. The van der Waals surface area contributed by atoms with E-state index in [-0.39, 0.29) is 12.4 Å². The SMILES string of the molecule is CCOC(=O)C(CC)Oc1cccc(C)c1F. The van der Waals surface area contributed by atoms with Gasteiger partial charge < -0.3 is 9.47 Å². The topological polar surface area (TPSA) is 35.5 Å². The molecule has 0 fully saturated rings. The summed E-state index contributed by atoms with van der Waals surface area (Å²) in [6, 6.07) is 4.84. The van der Waals surface area contributed by atoms with Crippen molar-refractivity contribution < 1.29 is 18.7 Å². The van der Waals surface area contributed by atoms with Crippen LogP contribution in [0.3, 0.4) is 0 Å². The number of halogens is 1. The summed E-state index contributed by atoms with van der Waals surface area (Å²) in [5, 5.41) is 0. The van der Waals surface area contributed by atoms with Crippen LogP contribution in [0, 0.1) is 12.7 Å². The fourth-order valence-corrected chi connectivity index (χ4v) is 1.40. The average molecular weight is 240 g/mol. The second-order valence-corrected chi connectivity index (χ2v) is 3.65. The molecule has 1 rings (SSSR count). The molecular formula is C13H17FO3. The molecule has 0 saturated carbocycles. The quantitative estimate of drug-likeness (QED) is 0.742. The predicted molar refractivity (Wildman–Crippen MR) is 62.5 cm³/mol. The Labute approximate surface area is 101 Å². The van der Waals surface area contributed by atoms with Crippen LogP contribution in [0.15, 0.2) is 18.2 Å². The second kappa shape index (κ2) is 6.23. The van der Waals surface area contributed by atoms with Crippen molar-refractivity contribution in [2.75, 3.05) is 6.61 Å². The van der Waals surface area contributed by atoms with Crippen LogP contribution in [-0.4, -0.2) is 18.7 Å². The van der Waals surface area contributed by atoms with E-state index in [1.54, 1.807) is 32.9 Å². The Kier molecular flexibility index (Phi) is 4.94. The van der Waals surface area contributed by atoms with Gasteiger partial charge in [-0.15, -0.1) is 0 Å². The van der Waals surface area contributed by atoms with E-state index in [9.17, 15) is 9.18 Å². The van der Waals surface area contributed by atoms with Crippen LogP contribution in [-0.2, 0) is 9.53 Å². The molecule has 1 atom stereocenters. The predicted octanol–water partition coefficient (Wildman–Crippen LogP) is 2.85. The fourth-order valence-electron chi connectivity index (χ4n) is 1.40. The van der Waals surface area contributed by atoms with Crippen LogP contribution in [0.5, 0.6) is 5.75 Å². The minimum atomic E-state index is -0.758. The van der Waals surface area contributed by atoms with Gasteiger partial charge >= 0.3 is 5.97 Å². The maximum Gasteiger partial charge on any atom is 0.347 e. The zero-order valence-corrected chi connectivity index (χ0v) is 10.3. The van der Waals surface area contributed by atoms with Crippen molar-refractivity contribution in [2.45, 2.75) is 33.3 Å². The first-order chi connectivity index (χ1) is 8.10. The van der Waals surface area contributed by atoms with Gasteiger partial charge in [-0.3, -0.25) is 0 Å². The third-order valence-corrected chi connectivity index (χ3v) is 2.35. The van der Waals surface area contributed by atoms with Crippen LogP contribution in [0.2, 0.25) is 0 Å². The largest absolute Gasteiger partial charge is 0.476 e. The van der Waals surface area contributed by atoms with Crippen molar-refractivity contribution in [3.05, 3.63) is 29.6 Å². The lowest BCUT2D eigenvalue weighted by atomic mass is 10.2. The van der Waals surface area contributed by atoms with E-state index < -0.39 is 17.9 Å². The van der Waals surface area contributed by atoms with Crippen LogP contribution in [0.1, 0.15) is 25.8 Å². The van der Waals surface area contributed by atoms with Crippen molar-refractivity contribution in [3.63, 3.8) is 0 Å². The summed E-state index contributed by atoms with van der Waals surface area (Å²) in [5.74, 6) is -0.809. The standard InChI is InChI=1S/C13H17FO3/c1-4-10(13(15)16-5-2)17-11-8-6-7-9(3)12(11)14/h6-8,10H,4-5H2,1-3H3. The normalized spacial score (nSPS) is 12.0. The molecule has 0 aliphatic rings. The molecule has 1 aromatic rings. The van der Waals surface area contributed by atoms with Gasteiger partial charge in [-0.25, -0.2) is 9.18 Å². The summed E-state index contributed by atoms with van der Waals surface area (Å²) in [6.07, 6.45) is -0.321. The smallest absolute Gasteiger partial charge is 0.347 e. The molecule has 94 valence electrons. The monoisotopic (exact) mass is 240 g/mol. The third-order valence-electron chi connectivity index (χ3n) is 2.35. The van der Waals surface area contributed by atoms with Crippen molar-refractivity contribution >= 4 is 5.97 Å². The number of hydrogen-bond acceptors (Lipinski definition) is 3. The zero-order valence-electron chi connectivity index (χ0n) is 10.3. The number of esters is 1. The maximum absolute atomic E-state index is 13.7. The van der Waals surface area contributed by atoms with E-state index in [4.69, 9.17) is 9.47 Å². The molecule has 0 amide bonds. The van der Waals surface area contributed by atoms with E-state index in [1.807, 2.05) is 0 Å². The molecule has 3 nitrogen and oxygen atoms in total. The van der Waals surface area contributed by atoms with Gasteiger partial charge in [-0.2, -0.15) is 0 Å². The first-order valence-corrected chi connectivity index (χ1v) is 5.68. The molecular weight excluding hydrogens is 223 g/mol. The minimum Gasteiger partial charge on any atom is -0.476 e. The highest BCUT2D eigenvalue weighted by molar-refractivity contribution is 5.75. The summed E-state index contributed by atoms with van der Waals surface area (Å²) in [6.45, 7) is 5.44. The Morgan fingerprint density at radius 1 is 1.41 bits per heavy atom. The second-order valence-electron chi connectivity index (χ2n) is 3.65. The van der Waals surface area contributed by atoms with Crippen molar-refractivity contribution in [1.29, 1.82) is 0 Å². The number of rotatable bonds is 5. The van der Waals surface area contributed by atoms with E-state index in [2.05, 4.69) is 0 Å². The minimum absolute atomic E-state index is 0.0879. The lowest BCUT2D eigenvalue weighted by molar-refractivity contribution is -0.151. The Morgan fingerprint density at radius 3 is 2.71 bits per heavy atom. The van der Waals surface area contributed by atoms with Crippen LogP contribution >= 0.6 is 0 Å². The van der Waals surface area contributed by atoms with Gasteiger partial charge in [-0.05, 0) is 31.9 Å². The zero-order chi connectivity index (χ0) is 12.8. The fraction of sp³-hybridized carbons (Fsp3) is 0.462. The Morgan fingerprint density at radius 2 is 2.12 bits per heavy atom. The highest BCUT2D eigenvalue weighted by Gasteiger charge is 2.21. The van der Waals surface area contributed by atoms with Gasteiger partial charge in [0, 0.05) is 0 Å². The summed E-state index contributed by atoms with van der Waals surface area (Å²) >= 11 is 0. The molecule has 0 aliphatic carbocycles. The highest BCUT2D eigenvalue weighted by Crippen LogP contribution is 2.21. The van der Waals surface area contributed by atoms with E-state index in [0.29, 0.717) is 12.0 Å². The van der Waals surface area contributed by atoms with Crippen molar-refractivity contribution in [2.24, 2.45) is 0 Å². The molecule has 1 aromatic carbocycles. The van der Waals surface area contributed by atoms with Gasteiger partial charge in [0.15, 0.2) is 17.7 Å². The van der Waals surface area contributed by atoms with Gasteiger partial charge in [0.2, 0.25) is 0 Å². The maximum atomic E-state index is 13.7. The number of ether oxygens (including phenoxy) is 2. The number of hydrogen-bond donors (Lipinski definition) is 0. The van der Waals surface area contributed by atoms with Gasteiger partial charge in [0.1, 0.15) is 0 Å². The van der Waals surface area contributed by atoms with Crippen molar-refractivity contribution in [3.8, 4) is 5.75 Å². The molecule has 0 aromatic heterocycles. The molecule has 0 heterocycles. The van der Waals surface area contributed by atoms with Crippen LogP contribution < -0.4 is 4.74 Å². The van der Waals surface area contributed by atoms with E-state index in [0.717, 1.165) is 0 Å².